The van der Waals surface area contributed by atoms with E-state index in [0.29, 0.717) is 10.0 Å². The minimum atomic E-state index is 0. The van der Waals surface area contributed by atoms with Crippen LogP contribution in [0.5, 0.6) is 0 Å². The lowest BCUT2D eigenvalue weighted by Gasteiger charge is -2.09. The molecule has 2 aromatic rings. The van der Waals surface area contributed by atoms with Gasteiger partial charge in [-0.15, -0.1) is 22.1 Å². The Morgan fingerprint density at radius 1 is 0.917 bits per heavy atom. The van der Waals surface area contributed by atoms with E-state index in [9.17, 15) is 0 Å². The molecule has 0 aliphatic rings. The maximum absolute atomic E-state index is 5.82. The van der Waals surface area contributed by atoms with E-state index in [1.165, 1.54) is 5.01 Å². The van der Waals surface area contributed by atoms with Gasteiger partial charge >= 0.3 is 0 Å². The fourth-order valence-corrected chi connectivity index (χ4v) is 1.78. The summed E-state index contributed by atoms with van der Waals surface area (Å²) in [6.45, 7) is 0. The SMILES string of the molecule is Br.CN(/N=C/c1ccc(Cl)cc1)/C(N)=N/N=C/c1ccc(Cl)cc1. The molecule has 24 heavy (non-hydrogen) atoms. The fraction of sp³-hybridized carbons (Fsp3) is 0.0625. The summed E-state index contributed by atoms with van der Waals surface area (Å²) in [6.07, 6.45) is 3.24. The zero-order chi connectivity index (χ0) is 16.7. The normalized spacial score (nSPS) is 11.7. The minimum absolute atomic E-state index is 0. The van der Waals surface area contributed by atoms with Crippen LogP contribution in [-0.4, -0.2) is 30.4 Å². The van der Waals surface area contributed by atoms with Crippen LogP contribution in [-0.2, 0) is 0 Å². The molecule has 0 amide bonds. The van der Waals surface area contributed by atoms with Crippen LogP contribution in [0.25, 0.3) is 0 Å². The van der Waals surface area contributed by atoms with Crippen molar-refractivity contribution in [2.75, 3.05) is 7.05 Å². The zero-order valence-corrected chi connectivity index (χ0v) is 16.0. The van der Waals surface area contributed by atoms with E-state index in [0.717, 1.165) is 11.1 Å². The quantitative estimate of drug-likeness (QED) is 0.450. The first-order chi connectivity index (χ1) is 11.0. The molecule has 2 N–H and O–H groups in total. The van der Waals surface area contributed by atoms with Crippen LogP contribution in [0.15, 0.2) is 63.8 Å². The zero-order valence-electron chi connectivity index (χ0n) is 12.8. The number of nitrogens with zero attached hydrogens (tertiary/aromatic N) is 4. The number of halogens is 3. The van der Waals surface area contributed by atoms with Crippen molar-refractivity contribution in [1.29, 1.82) is 0 Å². The summed E-state index contributed by atoms with van der Waals surface area (Å²) in [7, 11) is 1.68. The second-order valence-corrected chi connectivity index (χ2v) is 5.45. The second kappa shape index (κ2) is 10.1. The Morgan fingerprint density at radius 3 is 1.88 bits per heavy atom. The average molecular weight is 429 g/mol. The molecule has 0 saturated heterocycles. The van der Waals surface area contributed by atoms with Crippen molar-refractivity contribution >= 4 is 58.6 Å². The smallest absolute Gasteiger partial charge is 0.236 e. The van der Waals surface area contributed by atoms with Crippen LogP contribution in [0, 0.1) is 0 Å². The molecule has 0 heterocycles. The van der Waals surface area contributed by atoms with Crippen molar-refractivity contribution in [2.24, 2.45) is 21.0 Å². The summed E-state index contributed by atoms with van der Waals surface area (Å²) in [5.74, 6) is 0.167. The Hall–Kier alpha value is -1.89. The van der Waals surface area contributed by atoms with E-state index in [4.69, 9.17) is 28.9 Å². The Kier molecular flexibility index (Phi) is 8.46. The number of hydrazone groups is 1. The van der Waals surface area contributed by atoms with Crippen LogP contribution in [0.4, 0.5) is 0 Å². The predicted molar refractivity (Wildman–Crippen MR) is 108 cm³/mol. The Morgan fingerprint density at radius 2 is 1.38 bits per heavy atom. The number of guanidine groups is 1. The topological polar surface area (TPSA) is 66.3 Å². The molecule has 0 aliphatic heterocycles. The van der Waals surface area contributed by atoms with Gasteiger partial charge in [0.1, 0.15) is 0 Å². The van der Waals surface area contributed by atoms with E-state index in [1.54, 1.807) is 43.7 Å². The Bertz CT molecular complexity index is 727. The van der Waals surface area contributed by atoms with Crippen molar-refractivity contribution < 1.29 is 0 Å². The van der Waals surface area contributed by atoms with Crippen molar-refractivity contribution in [1.82, 2.24) is 5.01 Å². The fourth-order valence-electron chi connectivity index (χ4n) is 1.53. The molecule has 0 aliphatic carbocycles. The number of hydrogen-bond donors (Lipinski definition) is 1. The van der Waals surface area contributed by atoms with Crippen LogP contribution in [0.1, 0.15) is 11.1 Å². The first kappa shape index (κ1) is 20.2. The number of rotatable bonds is 4. The van der Waals surface area contributed by atoms with Crippen LogP contribution in [0.2, 0.25) is 10.0 Å². The van der Waals surface area contributed by atoms with Gasteiger partial charge in [0.05, 0.1) is 12.4 Å². The van der Waals surface area contributed by atoms with Gasteiger partial charge in [0.15, 0.2) is 0 Å². The first-order valence-corrected chi connectivity index (χ1v) is 7.45. The highest BCUT2D eigenvalue weighted by atomic mass is 79.9. The highest BCUT2D eigenvalue weighted by Crippen LogP contribution is 2.08. The molecule has 0 bridgehead atoms. The van der Waals surface area contributed by atoms with Gasteiger partial charge in [-0.25, -0.2) is 5.01 Å². The molecule has 126 valence electrons. The molecule has 5 nitrogen and oxygen atoms in total. The van der Waals surface area contributed by atoms with E-state index in [2.05, 4.69) is 15.3 Å². The minimum Gasteiger partial charge on any atom is -0.367 e. The standard InChI is InChI=1S/C16H15Cl2N5.BrH/c1-23(21-11-13-4-8-15(18)9-5-13)16(19)22-20-10-12-2-6-14(17)7-3-12;/h2-11H,1H3,(H2,19,22);1H/b20-10+,21-11+;. The van der Waals surface area contributed by atoms with Gasteiger partial charge in [-0.3, -0.25) is 0 Å². The monoisotopic (exact) mass is 427 g/mol. The molecule has 0 saturated carbocycles. The van der Waals surface area contributed by atoms with Crippen molar-refractivity contribution in [3.63, 3.8) is 0 Å². The molecule has 0 unspecified atom stereocenters. The summed E-state index contributed by atoms with van der Waals surface area (Å²) in [5, 5.41) is 14.8. The molecule has 8 heteroatoms. The molecule has 0 fully saturated rings. The molecule has 2 rings (SSSR count). The number of hydrogen-bond acceptors (Lipinski definition) is 3. The molecule has 0 aromatic heterocycles. The average Bonchev–Trinajstić information content (AvgIpc) is 2.55. The highest BCUT2D eigenvalue weighted by Gasteiger charge is 1.97. The van der Waals surface area contributed by atoms with Crippen LogP contribution >= 0.6 is 40.2 Å². The largest absolute Gasteiger partial charge is 0.367 e. The summed E-state index contributed by atoms with van der Waals surface area (Å²) in [5.41, 5.74) is 7.57. The third-order valence-electron chi connectivity index (χ3n) is 2.82. The lowest BCUT2D eigenvalue weighted by molar-refractivity contribution is 0.538. The number of nitrogens with two attached hydrogens (primary N) is 1. The van der Waals surface area contributed by atoms with E-state index in [1.807, 2.05) is 24.3 Å². The maximum Gasteiger partial charge on any atom is 0.236 e. The van der Waals surface area contributed by atoms with E-state index < -0.39 is 0 Å². The third-order valence-corrected chi connectivity index (χ3v) is 3.32. The molecular formula is C16H16BrCl2N5. The third kappa shape index (κ3) is 6.70. The van der Waals surface area contributed by atoms with E-state index >= 15 is 0 Å². The summed E-state index contributed by atoms with van der Waals surface area (Å²) < 4.78 is 0. The van der Waals surface area contributed by atoms with Gasteiger partial charge in [0, 0.05) is 17.1 Å². The van der Waals surface area contributed by atoms with Crippen molar-refractivity contribution in [2.45, 2.75) is 0 Å². The van der Waals surface area contributed by atoms with Crippen LogP contribution < -0.4 is 5.73 Å². The van der Waals surface area contributed by atoms with Gasteiger partial charge in [0.2, 0.25) is 5.96 Å². The summed E-state index contributed by atoms with van der Waals surface area (Å²) in [4.78, 5) is 0. The molecule has 0 radical (unpaired) electrons. The van der Waals surface area contributed by atoms with Crippen LogP contribution in [0.3, 0.4) is 0 Å². The lowest BCUT2D eigenvalue weighted by Crippen LogP contribution is -2.29. The molecule has 2 aromatic carbocycles. The highest BCUT2D eigenvalue weighted by molar-refractivity contribution is 8.93. The number of benzene rings is 2. The first-order valence-electron chi connectivity index (χ1n) is 6.70. The predicted octanol–water partition coefficient (Wildman–Crippen LogP) is 4.19. The van der Waals surface area contributed by atoms with Gasteiger partial charge in [-0.2, -0.15) is 10.2 Å². The van der Waals surface area contributed by atoms with E-state index in [-0.39, 0.29) is 22.9 Å². The van der Waals surface area contributed by atoms with Crippen molar-refractivity contribution in [3.05, 3.63) is 69.7 Å². The van der Waals surface area contributed by atoms with Crippen molar-refractivity contribution in [3.8, 4) is 0 Å². The maximum atomic E-state index is 5.82. The summed E-state index contributed by atoms with van der Waals surface area (Å²) >= 11 is 11.6. The lowest BCUT2D eigenvalue weighted by atomic mass is 10.2. The Balaban J connectivity index is 0.00000288. The van der Waals surface area contributed by atoms with Gasteiger partial charge in [-0.05, 0) is 35.4 Å². The molecular weight excluding hydrogens is 413 g/mol. The Labute approximate surface area is 161 Å². The molecule has 0 atom stereocenters. The molecule has 0 spiro atoms. The van der Waals surface area contributed by atoms with Gasteiger partial charge in [0.25, 0.3) is 0 Å². The van der Waals surface area contributed by atoms with Gasteiger partial charge < -0.3 is 5.73 Å². The summed E-state index contributed by atoms with van der Waals surface area (Å²) in [6, 6.07) is 14.5. The van der Waals surface area contributed by atoms with Gasteiger partial charge in [-0.1, -0.05) is 47.5 Å². The second-order valence-electron chi connectivity index (χ2n) is 4.57.